The van der Waals surface area contributed by atoms with Crippen LogP contribution in [-0.2, 0) is 0 Å². The molecule has 1 N–H and O–H groups in total. The summed E-state index contributed by atoms with van der Waals surface area (Å²) in [6.45, 7) is 9.32. The van der Waals surface area contributed by atoms with Crippen molar-refractivity contribution >= 4 is 5.96 Å². The molecule has 2 fully saturated rings. The SMILES string of the molecule is CCCN1CCC(CNC(=NC)N2CCC(c3ccccc3)C2)CC1. The number of hydrogen-bond donors (Lipinski definition) is 1. The first-order valence-electron chi connectivity index (χ1n) is 10.0. The Morgan fingerprint density at radius 2 is 1.88 bits per heavy atom. The molecule has 138 valence electrons. The Morgan fingerprint density at radius 1 is 1.12 bits per heavy atom. The van der Waals surface area contributed by atoms with Gasteiger partial charge in [-0.1, -0.05) is 37.3 Å². The first-order chi connectivity index (χ1) is 12.3. The Hall–Kier alpha value is -1.55. The van der Waals surface area contributed by atoms with E-state index in [0.717, 1.165) is 31.5 Å². The summed E-state index contributed by atoms with van der Waals surface area (Å²) in [6.07, 6.45) is 5.13. The third-order valence-electron chi connectivity index (χ3n) is 5.77. The van der Waals surface area contributed by atoms with Crippen LogP contribution in [0.15, 0.2) is 35.3 Å². The van der Waals surface area contributed by atoms with Gasteiger partial charge in [0.2, 0.25) is 0 Å². The van der Waals surface area contributed by atoms with E-state index >= 15 is 0 Å². The molecule has 0 bridgehead atoms. The highest BCUT2D eigenvalue weighted by molar-refractivity contribution is 5.80. The third-order valence-corrected chi connectivity index (χ3v) is 5.77. The first-order valence-corrected chi connectivity index (χ1v) is 10.0. The van der Waals surface area contributed by atoms with Crippen LogP contribution in [0.5, 0.6) is 0 Å². The Balaban J connectivity index is 1.44. The number of nitrogens with one attached hydrogen (secondary N) is 1. The lowest BCUT2D eigenvalue weighted by atomic mass is 9.97. The van der Waals surface area contributed by atoms with E-state index in [-0.39, 0.29) is 0 Å². The minimum absolute atomic E-state index is 0.636. The number of benzene rings is 1. The standard InChI is InChI=1S/C21H34N4/c1-3-12-24-13-9-18(10-14-24)16-23-21(22-2)25-15-11-20(17-25)19-7-5-4-6-8-19/h4-8,18,20H,3,9-17H2,1-2H3,(H,22,23). The van der Waals surface area contributed by atoms with Crippen molar-refractivity contribution in [1.29, 1.82) is 0 Å². The maximum Gasteiger partial charge on any atom is 0.193 e. The number of guanidine groups is 1. The molecule has 1 unspecified atom stereocenters. The smallest absolute Gasteiger partial charge is 0.193 e. The summed E-state index contributed by atoms with van der Waals surface area (Å²) < 4.78 is 0. The zero-order valence-electron chi connectivity index (χ0n) is 16.0. The van der Waals surface area contributed by atoms with Gasteiger partial charge in [0.25, 0.3) is 0 Å². The van der Waals surface area contributed by atoms with Crippen LogP contribution in [0.1, 0.15) is 44.1 Å². The summed E-state index contributed by atoms with van der Waals surface area (Å²) in [5.74, 6) is 2.52. The molecule has 0 saturated carbocycles. The van der Waals surface area contributed by atoms with E-state index in [4.69, 9.17) is 0 Å². The lowest BCUT2D eigenvalue weighted by molar-refractivity contribution is 0.185. The fourth-order valence-electron chi connectivity index (χ4n) is 4.25. The highest BCUT2D eigenvalue weighted by atomic mass is 15.3. The van der Waals surface area contributed by atoms with Gasteiger partial charge in [0, 0.05) is 32.6 Å². The molecule has 4 heteroatoms. The van der Waals surface area contributed by atoms with Gasteiger partial charge in [0.1, 0.15) is 0 Å². The maximum absolute atomic E-state index is 4.55. The van der Waals surface area contributed by atoms with Crippen LogP contribution in [0.3, 0.4) is 0 Å². The van der Waals surface area contributed by atoms with Crippen LogP contribution in [-0.4, -0.2) is 62.1 Å². The number of likely N-dealkylation sites (tertiary alicyclic amines) is 2. The maximum atomic E-state index is 4.55. The summed E-state index contributed by atoms with van der Waals surface area (Å²) in [4.78, 5) is 9.59. The van der Waals surface area contributed by atoms with Crippen molar-refractivity contribution in [3.05, 3.63) is 35.9 Å². The predicted molar refractivity (Wildman–Crippen MR) is 106 cm³/mol. The second kappa shape index (κ2) is 9.23. The number of piperidine rings is 1. The van der Waals surface area contributed by atoms with Crippen molar-refractivity contribution < 1.29 is 0 Å². The fraction of sp³-hybridized carbons (Fsp3) is 0.667. The number of rotatable bonds is 5. The van der Waals surface area contributed by atoms with Gasteiger partial charge in [-0.05, 0) is 56.8 Å². The van der Waals surface area contributed by atoms with Gasteiger partial charge in [-0.25, -0.2) is 0 Å². The number of hydrogen-bond acceptors (Lipinski definition) is 2. The van der Waals surface area contributed by atoms with E-state index in [2.05, 4.69) is 57.4 Å². The predicted octanol–water partition coefficient (Wildman–Crippen LogP) is 3.17. The van der Waals surface area contributed by atoms with E-state index in [0.29, 0.717) is 5.92 Å². The van der Waals surface area contributed by atoms with E-state index < -0.39 is 0 Å². The second-order valence-corrected chi connectivity index (χ2v) is 7.56. The average Bonchev–Trinajstić information content (AvgIpc) is 3.15. The van der Waals surface area contributed by atoms with E-state index in [9.17, 15) is 0 Å². The Bertz CT molecular complexity index is 534. The molecule has 1 atom stereocenters. The van der Waals surface area contributed by atoms with Gasteiger partial charge in [0.05, 0.1) is 0 Å². The molecule has 4 nitrogen and oxygen atoms in total. The Morgan fingerprint density at radius 3 is 2.56 bits per heavy atom. The molecule has 0 amide bonds. The van der Waals surface area contributed by atoms with Crippen molar-refractivity contribution in [3.8, 4) is 0 Å². The summed E-state index contributed by atoms with van der Waals surface area (Å²) in [7, 11) is 1.92. The molecular formula is C21H34N4. The van der Waals surface area contributed by atoms with Crippen molar-refractivity contribution in [2.45, 2.75) is 38.5 Å². The van der Waals surface area contributed by atoms with Gasteiger partial charge in [-0.15, -0.1) is 0 Å². The minimum atomic E-state index is 0.636. The van der Waals surface area contributed by atoms with Crippen LogP contribution in [0.2, 0.25) is 0 Å². The van der Waals surface area contributed by atoms with Gasteiger partial charge >= 0.3 is 0 Å². The zero-order chi connectivity index (χ0) is 17.5. The quantitative estimate of drug-likeness (QED) is 0.659. The van der Waals surface area contributed by atoms with Gasteiger partial charge < -0.3 is 15.1 Å². The second-order valence-electron chi connectivity index (χ2n) is 7.56. The lowest BCUT2D eigenvalue weighted by Gasteiger charge is -2.32. The summed E-state index contributed by atoms with van der Waals surface area (Å²) in [5.41, 5.74) is 1.46. The van der Waals surface area contributed by atoms with Gasteiger partial charge in [0.15, 0.2) is 5.96 Å². The van der Waals surface area contributed by atoms with Crippen LogP contribution in [0.4, 0.5) is 0 Å². The molecule has 0 aliphatic carbocycles. The molecule has 25 heavy (non-hydrogen) atoms. The molecular weight excluding hydrogens is 308 g/mol. The van der Waals surface area contributed by atoms with Crippen molar-refractivity contribution in [3.63, 3.8) is 0 Å². The van der Waals surface area contributed by atoms with Gasteiger partial charge in [-0.2, -0.15) is 0 Å². The molecule has 3 rings (SSSR count). The number of nitrogens with zero attached hydrogens (tertiary/aromatic N) is 3. The summed E-state index contributed by atoms with van der Waals surface area (Å²) >= 11 is 0. The van der Waals surface area contributed by atoms with E-state index in [1.807, 2.05) is 7.05 Å². The lowest BCUT2D eigenvalue weighted by Crippen LogP contribution is -2.44. The van der Waals surface area contributed by atoms with Crippen LogP contribution < -0.4 is 5.32 Å². The molecule has 1 aromatic rings. The fourth-order valence-corrected chi connectivity index (χ4v) is 4.25. The van der Waals surface area contributed by atoms with Crippen LogP contribution >= 0.6 is 0 Å². The molecule has 2 aliphatic heterocycles. The molecule has 0 spiro atoms. The molecule has 0 aromatic heterocycles. The molecule has 0 radical (unpaired) electrons. The van der Waals surface area contributed by atoms with Crippen molar-refractivity contribution in [1.82, 2.24) is 15.1 Å². The summed E-state index contributed by atoms with van der Waals surface area (Å²) in [6, 6.07) is 10.9. The normalized spacial score (nSPS) is 23.2. The topological polar surface area (TPSA) is 30.9 Å². The van der Waals surface area contributed by atoms with E-state index in [1.54, 1.807) is 0 Å². The monoisotopic (exact) mass is 342 g/mol. The zero-order valence-corrected chi connectivity index (χ0v) is 16.0. The highest BCUT2D eigenvalue weighted by Crippen LogP contribution is 2.27. The highest BCUT2D eigenvalue weighted by Gasteiger charge is 2.26. The molecule has 1 aromatic carbocycles. The molecule has 2 saturated heterocycles. The van der Waals surface area contributed by atoms with Crippen LogP contribution in [0, 0.1) is 5.92 Å². The minimum Gasteiger partial charge on any atom is -0.356 e. The summed E-state index contributed by atoms with van der Waals surface area (Å²) in [5, 5.41) is 3.66. The van der Waals surface area contributed by atoms with Gasteiger partial charge in [-0.3, -0.25) is 4.99 Å². The van der Waals surface area contributed by atoms with Crippen molar-refractivity contribution in [2.24, 2.45) is 10.9 Å². The number of aliphatic imine (C=N–C) groups is 1. The third kappa shape index (κ3) is 4.97. The Labute approximate surface area is 153 Å². The van der Waals surface area contributed by atoms with Crippen molar-refractivity contribution in [2.75, 3.05) is 46.3 Å². The molecule has 2 aliphatic rings. The first kappa shape index (κ1) is 18.2. The van der Waals surface area contributed by atoms with Crippen LogP contribution in [0.25, 0.3) is 0 Å². The van der Waals surface area contributed by atoms with E-state index in [1.165, 1.54) is 50.9 Å². The average molecular weight is 343 g/mol. The Kier molecular flexibility index (Phi) is 6.74. The largest absolute Gasteiger partial charge is 0.356 e. The molecule has 2 heterocycles.